The molecule has 1 aromatic carbocycles. The molecule has 27 heavy (non-hydrogen) atoms. The minimum atomic E-state index is 0.0850. The minimum Gasteiger partial charge on any atom is -0.372 e. The van der Waals surface area contributed by atoms with E-state index in [0.717, 1.165) is 50.4 Å². The Hall–Kier alpha value is -2.63. The third-order valence-corrected chi connectivity index (χ3v) is 5.61. The summed E-state index contributed by atoms with van der Waals surface area (Å²) in [5, 5.41) is 3.11. The van der Waals surface area contributed by atoms with Crippen molar-refractivity contribution < 1.29 is 4.79 Å². The van der Waals surface area contributed by atoms with Gasteiger partial charge in [0.1, 0.15) is 5.82 Å². The number of amides is 1. The van der Waals surface area contributed by atoms with Gasteiger partial charge in [-0.05, 0) is 43.4 Å². The van der Waals surface area contributed by atoms with Crippen molar-refractivity contribution in [1.82, 2.24) is 15.3 Å². The Labute approximate surface area is 160 Å². The van der Waals surface area contributed by atoms with Gasteiger partial charge in [0.05, 0.1) is 6.20 Å². The summed E-state index contributed by atoms with van der Waals surface area (Å²) >= 11 is 0. The Kier molecular flexibility index (Phi) is 5.51. The highest BCUT2D eigenvalue weighted by Crippen LogP contribution is 2.22. The van der Waals surface area contributed by atoms with E-state index >= 15 is 0 Å². The predicted molar refractivity (Wildman–Crippen MR) is 107 cm³/mol. The Bertz CT molecular complexity index is 735. The molecule has 0 saturated carbocycles. The number of rotatable bonds is 5. The average Bonchev–Trinajstić information content (AvgIpc) is 3.28. The molecular formula is C21H27N5O. The summed E-state index contributed by atoms with van der Waals surface area (Å²) in [7, 11) is 0. The van der Waals surface area contributed by atoms with Crippen LogP contribution in [0.1, 0.15) is 31.2 Å². The van der Waals surface area contributed by atoms with Gasteiger partial charge in [0, 0.05) is 56.7 Å². The number of hydrogen-bond donors (Lipinski definition) is 1. The maximum absolute atomic E-state index is 12.5. The van der Waals surface area contributed by atoms with Crippen LogP contribution < -0.4 is 15.1 Å². The molecule has 6 heteroatoms. The van der Waals surface area contributed by atoms with Crippen molar-refractivity contribution in [2.24, 2.45) is 5.92 Å². The van der Waals surface area contributed by atoms with Crippen molar-refractivity contribution in [3.8, 4) is 0 Å². The van der Waals surface area contributed by atoms with Gasteiger partial charge in [-0.3, -0.25) is 9.78 Å². The first-order valence-electron chi connectivity index (χ1n) is 9.92. The van der Waals surface area contributed by atoms with Crippen molar-refractivity contribution in [1.29, 1.82) is 0 Å². The molecule has 3 heterocycles. The van der Waals surface area contributed by atoms with Crippen LogP contribution in [0, 0.1) is 5.92 Å². The second-order valence-corrected chi connectivity index (χ2v) is 7.40. The number of anilines is 2. The zero-order valence-corrected chi connectivity index (χ0v) is 15.7. The number of benzene rings is 1. The molecule has 6 nitrogen and oxygen atoms in total. The SMILES string of the molecule is O=C(NCc1ccc(N2CCCC2)cc1)C1CCN(c2cnccn2)CC1. The highest BCUT2D eigenvalue weighted by Gasteiger charge is 2.25. The van der Waals surface area contributed by atoms with Crippen LogP contribution in [0.4, 0.5) is 11.5 Å². The van der Waals surface area contributed by atoms with Crippen LogP contribution in [-0.2, 0) is 11.3 Å². The summed E-state index contributed by atoms with van der Waals surface area (Å²) in [6.45, 7) is 4.61. The molecule has 1 amide bonds. The number of aromatic nitrogens is 2. The van der Waals surface area contributed by atoms with Crippen LogP contribution in [0.5, 0.6) is 0 Å². The lowest BCUT2D eigenvalue weighted by Crippen LogP contribution is -2.40. The molecule has 2 aliphatic heterocycles. The third kappa shape index (κ3) is 4.38. The van der Waals surface area contributed by atoms with E-state index < -0.39 is 0 Å². The summed E-state index contributed by atoms with van der Waals surface area (Å²) in [4.78, 5) is 25.6. The van der Waals surface area contributed by atoms with Crippen LogP contribution in [0.2, 0.25) is 0 Å². The molecule has 1 aromatic heterocycles. The van der Waals surface area contributed by atoms with Gasteiger partial charge in [-0.25, -0.2) is 4.98 Å². The molecule has 2 aliphatic rings. The maximum Gasteiger partial charge on any atom is 0.223 e. The van der Waals surface area contributed by atoms with Gasteiger partial charge >= 0.3 is 0 Å². The molecule has 2 fully saturated rings. The van der Waals surface area contributed by atoms with E-state index in [2.05, 4.69) is 49.4 Å². The summed E-state index contributed by atoms with van der Waals surface area (Å²) in [6.07, 6.45) is 9.46. The molecule has 142 valence electrons. The number of hydrogen-bond acceptors (Lipinski definition) is 5. The zero-order chi connectivity index (χ0) is 18.5. The van der Waals surface area contributed by atoms with E-state index in [4.69, 9.17) is 0 Å². The highest BCUT2D eigenvalue weighted by atomic mass is 16.1. The largest absolute Gasteiger partial charge is 0.372 e. The van der Waals surface area contributed by atoms with Gasteiger partial charge in [0.2, 0.25) is 5.91 Å². The molecule has 0 atom stereocenters. The van der Waals surface area contributed by atoms with Gasteiger partial charge in [-0.1, -0.05) is 12.1 Å². The molecule has 0 aliphatic carbocycles. The summed E-state index contributed by atoms with van der Waals surface area (Å²) in [5.41, 5.74) is 2.45. The normalized spacial score (nSPS) is 17.9. The topological polar surface area (TPSA) is 61.4 Å². The Morgan fingerprint density at radius 1 is 1.00 bits per heavy atom. The van der Waals surface area contributed by atoms with E-state index in [1.165, 1.54) is 18.5 Å². The van der Waals surface area contributed by atoms with Gasteiger partial charge in [0.25, 0.3) is 0 Å². The van der Waals surface area contributed by atoms with Crippen LogP contribution in [0.15, 0.2) is 42.9 Å². The molecule has 2 aromatic rings. The third-order valence-electron chi connectivity index (χ3n) is 5.61. The Balaban J connectivity index is 1.24. The van der Waals surface area contributed by atoms with Crippen molar-refractivity contribution in [2.75, 3.05) is 36.0 Å². The van der Waals surface area contributed by atoms with E-state index in [1.807, 2.05) is 0 Å². The molecule has 0 bridgehead atoms. The van der Waals surface area contributed by atoms with Gasteiger partial charge in [-0.15, -0.1) is 0 Å². The summed E-state index contributed by atoms with van der Waals surface area (Å²) < 4.78 is 0. The number of piperidine rings is 1. The van der Waals surface area contributed by atoms with Crippen LogP contribution in [0.3, 0.4) is 0 Å². The van der Waals surface area contributed by atoms with E-state index in [-0.39, 0.29) is 11.8 Å². The fraction of sp³-hybridized carbons (Fsp3) is 0.476. The fourth-order valence-electron chi connectivity index (χ4n) is 3.96. The molecule has 0 radical (unpaired) electrons. The van der Waals surface area contributed by atoms with Crippen molar-refractivity contribution in [2.45, 2.75) is 32.2 Å². The Morgan fingerprint density at radius 2 is 1.74 bits per heavy atom. The number of nitrogens with one attached hydrogen (secondary N) is 1. The van der Waals surface area contributed by atoms with E-state index in [1.54, 1.807) is 18.6 Å². The first-order chi connectivity index (χ1) is 13.3. The standard InChI is InChI=1S/C21H27N5O/c27-21(18-7-13-26(14-8-18)20-16-22-9-10-23-20)24-15-17-3-5-19(6-4-17)25-11-1-2-12-25/h3-6,9-10,16,18H,1-2,7-8,11-15H2,(H,24,27). The van der Waals surface area contributed by atoms with Crippen molar-refractivity contribution >= 4 is 17.4 Å². The molecular weight excluding hydrogens is 338 g/mol. The van der Waals surface area contributed by atoms with Crippen LogP contribution in [0.25, 0.3) is 0 Å². The maximum atomic E-state index is 12.5. The Morgan fingerprint density at radius 3 is 2.41 bits per heavy atom. The van der Waals surface area contributed by atoms with Crippen LogP contribution >= 0.6 is 0 Å². The average molecular weight is 365 g/mol. The van der Waals surface area contributed by atoms with Crippen molar-refractivity contribution in [3.05, 3.63) is 48.4 Å². The molecule has 4 rings (SSSR count). The minimum absolute atomic E-state index is 0.0850. The lowest BCUT2D eigenvalue weighted by atomic mass is 9.96. The fourth-order valence-corrected chi connectivity index (χ4v) is 3.96. The summed E-state index contributed by atoms with van der Waals surface area (Å²) in [5.74, 6) is 1.15. The van der Waals surface area contributed by atoms with Crippen LogP contribution in [-0.4, -0.2) is 42.1 Å². The predicted octanol–water partition coefficient (Wildman–Crippen LogP) is 2.61. The quantitative estimate of drug-likeness (QED) is 0.883. The lowest BCUT2D eigenvalue weighted by Gasteiger charge is -2.31. The molecule has 0 spiro atoms. The van der Waals surface area contributed by atoms with Gasteiger partial charge in [0.15, 0.2) is 0 Å². The number of carbonyl (C=O) groups excluding carboxylic acids is 1. The molecule has 1 N–H and O–H groups in total. The van der Waals surface area contributed by atoms with Gasteiger partial charge in [-0.2, -0.15) is 0 Å². The number of carbonyl (C=O) groups is 1. The molecule has 0 unspecified atom stereocenters. The zero-order valence-electron chi connectivity index (χ0n) is 15.7. The van der Waals surface area contributed by atoms with E-state index in [0.29, 0.717) is 6.54 Å². The lowest BCUT2D eigenvalue weighted by molar-refractivity contribution is -0.125. The first kappa shape index (κ1) is 17.8. The smallest absolute Gasteiger partial charge is 0.223 e. The highest BCUT2D eigenvalue weighted by molar-refractivity contribution is 5.79. The first-order valence-corrected chi connectivity index (χ1v) is 9.92. The summed E-state index contributed by atoms with van der Waals surface area (Å²) in [6, 6.07) is 8.60. The van der Waals surface area contributed by atoms with Gasteiger partial charge < -0.3 is 15.1 Å². The monoisotopic (exact) mass is 365 g/mol. The van der Waals surface area contributed by atoms with E-state index in [9.17, 15) is 4.79 Å². The second kappa shape index (κ2) is 8.37. The number of nitrogens with zero attached hydrogens (tertiary/aromatic N) is 4. The van der Waals surface area contributed by atoms with Crippen molar-refractivity contribution in [3.63, 3.8) is 0 Å². The second-order valence-electron chi connectivity index (χ2n) is 7.40. The molecule has 2 saturated heterocycles.